The van der Waals surface area contributed by atoms with Crippen molar-refractivity contribution in [2.45, 2.75) is 19.3 Å². The molecule has 5 rings (SSSR count). The number of carbonyl (C=O) groups excluding carboxylic acids is 1. The van der Waals surface area contributed by atoms with Gasteiger partial charge in [0.2, 0.25) is 0 Å². The van der Waals surface area contributed by atoms with Gasteiger partial charge in [0.05, 0.1) is 22.8 Å². The molecule has 4 aromatic rings. The monoisotopic (exact) mass is 396 g/mol. The first-order valence-corrected chi connectivity index (χ1v) is 9.84. The molecule has 30 heavy (non-hydrogen) atoms. The first-order chi connectivity index (χ1) is 14.6. The summed E-state index contributed by atoms with van der Waals surface area (Å²) in [4.78, 5) is 20.9. The molecule has 0 saturated heterocycles. The molecule has 0 spiro atoms. The number of anilines is 1. The van der Waals surface area contributed by atoms with Gasteiger partial charge in [0.15, 0.2) is 11.4 Å². The van der Waals surface area contributed by atoms with E-state index in [-0.39, 0.29) is 5.78 Å². The first kappa shape index (κ1) is 18.1. The molecule has 0 radical (unpaired) electrons. The van der Waals surface area contributed by atoms with Crippen LogP contribution < -0.4 is 5.73 Å². The predicted octanol–water partition coefficient (Wildman–Crippen LogP) is 3.12. The van der Waals surface area contributed by atoms with E-state index < -0.39 is 0 Å². The molecule has 1 aliphatic carbocycles. The highest BCUT2D eigenvalue weighted by Gasteiger charge is 2.24. The smallest absolute Gasteiger partial charge is 0.163 e. The van der Waals surface area contributed by atoms with E-state index >= 15 is 0 Å². The molecule has 0 bridgehead atoms. The zero-order chi connectivity index (χ0) is 20.7. The van der Waals surface area contributed by atoms with Crippen molar-refractivity contribution in [3.63, 3.8) is 0 Å². The standard InChI is InChI=1S/C23H20N6O/c1-28-13-19(11-27-28)29-12-18(21-22(24)25-14-26-23(21)29)8-7-15-3-2-4-17(9-15)20(30)10-16-5-6-16/h2-4,9,11-14,16H,5-6,10H2,1H3,(H2,24,25,26). The molecule has 0 aliphatic heterocycles. The number of ketones is 1. The van der Waals surface area contributed by atoms with E-state index in [1.165, 1.54) is 6.33 Å². The number of rotatable bonds is 4. The van der Waals surface area contributed by atoms with E-state index in [0.29, 0.717) is 34.8 Å². The van der Waals surface area contributed by atoms with E-state index in [9.17, 15) is 4.79 Å². The van der Waals surface area contributed by atoms with E-state index in [2.05, 4.69) is 26.9 Å². The zero-order valence-corrected chi connectivity index (χ0v) is 16.5. The van der Waals surface area contributed by atoms with Gasteiger partial charge >= 0.3 is 0 Å². The van der Waals surface area contributed by atoms with Crippen molar-refractivity contribution in [3.05, 3.63) is 65.9 Å². The van der Waals surface area contributed by atoms with Gasteiger partial charge in [0.25, 0.3) is 0 Å². The summed E-state index contributed by atoms with van der Waals surface area (Å²) in [7, 11) is 1.86. The molecule has 1 fully saturated rings. The van der Waals surface area contributed by atoms with Gasteiger partial charge in [-0.1, -0.05) is 24.0 Å². The van der Waals surface area contributed by atoms with Crippen LogP contribution in [-0.2, 0) is 7.05 Å². The van der Waals surface area contributed by atoms with E-state index in [0.717, 1.165) is 29.7 Å². The van der Waals surface area contributed by atoms with Gasteiger partial charge in [-0.2, -0.15) is 5.10 Å². The van der Waals surface area contributed by atoms with Crippen LogP contribution in [0.1, 0.15) is 40.7 Å². The van der Waals surface area contributed by atoms with Crippen LogP contribution in [0.2, 0.25) is 0 Å². The number of nitrogen functional groups attached to an aromatic ring is 1. The van der Waals surface area contributed by atoms with Gasteiger partial charge in [0.1, 0.15) is 12.1 Å². The zero-order valence-electron chi connectivity index (χ0n) is 16.5. The van der Waals surface area contributed by atoms with Crippen LogP contribution in [0, 0.1) is 17.8 Å². The summed E-state index contributed by atoms with van der Waals surface area (Å²) in [5, 5.41) is 4.93. The van der Waals surface area contributed by atoms with E-state index in [1.54, 1.807) is 10.9 Å². The Labute approximate surface area is 173 Å². The fourth-order valence-electron chi connectivity index (χ4n) is 3.52. The Balaban J connectivity index is 1.54. The molecule has 7 nitrogen and oxygen atoms in total. The number of carbonyl (C=O) groups is 1. The third-order valence-corrected chi connectivity index (χ3v) is 5.28. The molecular weight excluding hydrogens is 376 g/mol. The van der Waals surface area contributed by atoms with Crippen LogP contribution in [-0.4, -0.2) is 30.1 Å². The van der Waals surface area contributed by atoms with Crippen LogP contribution in [0.5, 0.6) is 0 Å². The summed E-state index contributed by atoms with van der Waals surface area (Å²) in [6.07, 6.45) is 9.93. The highest BCUT2D eigenvalue weighted by Crippen LogP contribution is 2.33. The minimum atomic E-state index is 0.187. The lowest BCUT2D eigenvalue weighted by Gasteiger charge is -2.00. The maximum absolute atomic E-state index is 12.4. The third kappa shape index (κ3) is 3.44. The molecule has 7 heteroatoms. The molecule has 0 amide bonds. The molecule has 3 heterocycles. The highest BCUT2D eigenvalue weighted by atomic mass is 16.1. The lowest BCUT2D eigenvalue weighted by atomic mass is 10.0. The van der Waals surface area contributed by atoms with Crippen molar-refractivity contribution >= 4 is 22.6 Å². The number of nitrogens with zero attached hydrogens (tertiary/aromatic N) is 5. The van der Waals surface area contributed by atoms with E-state index in [4.69, 9.17) is 5.73 Å². The Bertz CT molecular complexity index is 1330. The average molecular weight is 396 g/mol. The fraction of sp³-hybridized carbons (Fsp3) is 0.217. The summed E-state index contributed by atoms with van der Waals surface area (Å²) in [5.41, 5.74) is 9.90. The molecule has 0 unspecified atom stereocenters. The third-order valence-electron chi connectivity index (χ3n) is 5.28. The maximum atomic E-state index is 12.4. The largest absolute Gasteiger partial charge is 0.383 e. The van der Waals surface area contributed by atoms with Crippen LogP contribution in [0.15, 0.2) is 49.2 Å². The van der Waals surface area contributed by atoms with Crippen molar-refractivity contribution in [3.8, 4) is 17.5 Å². The number of nitrogens with two attached hydrogens (primary N) is 1. The molecule has 1 saturated carbocycles. The van der Waals surface area contributed by atoms with Gasteiger partial charge in [-0.05, 0) is 30.9 Å². The summed E-state index contributed by atoms with van der Waals surface area (Å²) in [6, 6.07) is 7.50. The number of aromatic nitrogens is 5. The lowest BCUT2D eigenvalue weighted by molar-refractivity contribution is 0.0976. The van der Waals surface area contributed by atoms with Crippen LogP contribution >= 0.6 is 0 Å². The van der Waals surface area contributed by atoms with Crippen LogP contribution in [0.3, 0.4) is 0 Å². The average Bonchev–Trinajstić information content (AvgIpc) is 3.32. The number of benzene rings is 1. The number of hydrogen-bond donors (Lipinski definition) is 1. The second-order valence-electron chi connectivity index (χ2n) is 7.64. The number of aryl methyl sites for hydroxylation is 1. The molecule has 3 aromatic heterocycles. The first-order valence-electron chi connectivity index (χ1n) is 9.84. The minimum Gasteiger partial charge on any atom is -0.383 e. The quantitative estimate of drug-likeness (QED) is 0.423. The fourth-order valence-corrected chi connectivity index (χ4v) is 3.52. The second kappa shape index (κ2) is 7.16. The Morgan fingerprint density at radius 1 is 1.23 bits per heavy atom. The molecule has 2 N–H and O–H groups in total. The van der Waals surface area contributed by atoms with Crippen molar-refractivity contribution in [1.29, 1.82) is 0 Å². The minimum absolute atomic E-state index is 0.187. The summed E-state index contributed by atoms with van der Waals surface area (Å²) < 4.78 is 3.63. The van der Waals surface area contributed by atoms with Crippen molar-refractivity contribution in [2.75, 3.05) is 5.73 Å². The van der Waals surface area contributed by atoms with Crippen molar-refractivity contribution < 1.29 is 4.79 Å². The van der Waals surface area contributed by atoms with Gasteiger partial charge in [-0.15, -0.1) is 0 Å². The maximum Gasteiger partial charge on any atom is 0.163 e. The van der Waals surface area contributed by atoms with Crippen LogP contribution in [0.4, 0.5) is 5.82 Å². The summed E-state index contributed by atoms with van der Waals surface area (Å²) in [6.45, 7) is 0. The Morgan fingerprint density at radius 2 is 2.10 bits per heavy atom. The highest BCUT2D eigenvalue weighted by molar-refractivity contribution is 5.97. The Kier molecular flexibility index (Phi) is 4.32. The van der Waals surface area contributed by atoms with Gasteiger partial charge in [-0.3, -0.25) is 14.0 Å². The number of Topliss-reactive ketones (excluding diaryl/α,β-unsaturated/α-hetero) is 1. The van der Waals surface area contributed by atoms with Crippen molar-refractivity contribution in [2.24, 2.45) is 13.0 Å². The van der Waals surface area contributed by atoms with E-state index in [1.807, 2.05) is 48.3 Å². The van der Waals surface area contributed by atoms with Gasteiger partial charge in [-0.25, -0.2) is 9.97 Å². The second-order valence-corrected chi connectivity index (χ2v) is 7.64. The summed E-state index contributed by atoms with van der Waals surface area (Å²) in [5.74, 6) is 7.48. The molecule has 0 atom stereocenters. The molecule has 1 aliphatic rings. The topological polar surface area (TPSA) is 91.6 Å². The van der Waals surface area contributed by atoms with Gasteiger partial charge < -0.3 is 5.73 Å². The molecular formula is C23H20N6O. The SMILES string of the molecule is Cn1cc(-n2cc(C#Cc3cccc(C(=O)CC4CC4)c3)c3c(N)ncnc32)cn1. The number of fused-ring (bicyclic) bond motifs is 1. The predicted molar refractivity (Wildman–Crippen MR) is 114 cm³/mol. The number of hydrogen-bond acceptors (Lipinski definition) is 5. The Hall–Kier alpha value is -3.92. The van der Waals surface area contributed by atoms with Crippen molar-refractivity contribution in [1.82, 2.24) is 24.3 Å². The van der Waals surface area contributed by atoms with Crippen LogP contribution in [0.25, 0.3) is 16.7 Å². The Morgan fingerprint density at radius 3 is 2.87 bits per heavy atom. The van der Waals surface area contributed by atoms with Gasteiger partial charge in [0, 0.05) is 37.0 Å². The lowest BCUT2D eigenvalue weighted by Crippen LogP contribution is -2.00. The molecule has 148 valence electrons. The molecule has 1 aromatic carbocycles. The normalized spacial score (nSPS) is 13.2. The summed E-state index contributed by atoms with van der Waals surface area (Å²) >= 11 is 0.